The second-order valence-electron chi connectivity index (χ2n) is 3.84. The third kappa shape index (κ3) is 13.9. The summed E-state index contributed by atoms with van der Waals surface area (Å²) in [6.07, 6.45) is 6.46. The van der Waals surface area contributed by atoms with Gasteiger partial charge in [0.05, 0.1) is 26.4 Å². The van der Waals surface area contributed by atoms with Crippen LogP contribution in [0.4, 0.5) is 0 Å². The van der Waals surface area contributed by atoms with Gasteiger partial charge in [0, 0.05) is 13.2 Å². The van der Waals surface area contributed by atoms with Crippen LogP contribution in [-0.4, -0.2) is 39.6 Å². The summed E-state index contributed by atoms with van der Waals surface area (Å²) in [5, 5.41) is 0. The first-order valence-electron chi connectivity index (χ1n) is 6.65. The van der Waals surface area contributed by atoms with Gasteiger partial charge in [-0.2, -0.15) is 0 Å². The van der Waals surface area contributed by atoms with Gasteiger partial charge < -0.3 is 14.2 Å². The molecule has 98 valence electrons. The summed E-state index contributed by atoms with van der Waals surface area (Å²) in [5.74, 6) is 0. The van der Waals surface area contributed by atoms with Gasteiger partial charge in [-0.15, -0.1) is 0 Å². The van der Waals surface area contributed by atoms with Crippen LogP contribution in [0.1, 0.15) is 46.0 Å². The van der Waals surface area contributed by atoms with E-state index in [0.29, 0.717) is 26.4 Å². The van der Waals surface area contributed by atoms with E-state index in [4.69, 9.17) is 14.2 Å². The maximum atomic E-state index is 5.45. The fourth-order valence-electron chi connectivity index (χ4n) is 1.39. The van der Waals surface area contributed by atoms with Crippen molar-refractivity contribution >= 4 is 0 Å². The van der Waals surface area contributed by atoms with Crippen molar-refractivity contribution < 1.29 is 14.2 Å². The summed E-state index contributed by atoms with van der Waals surface area (Å²) >= 11 is 0. The third-order valence-electron chi connectivity index (χ3n) is 2.34. The predicted molar refractivity (Wildman–Crippen MR) is 66.9 cm³/mol. The number of ether oxygens (including phenoxy) is 3. The standard InChI is InChI=1S/C13H28O3/c1-3-5-6-7-8-9-15-12-13-16-11-10-14-4-2/h3-13H2,1-2H3. The molecular formula is C13H28O3. The summed E-state index contributed by atoms with van der Waals surface area (Å²) < 4.78 is 15.9. The zero-order valence-electron chi connectivity index (χ0n) is 11.0. The molecule has 0 unspecified atom stereocenters. The quantitative estimate of drug-likeness (QED) is 0.457. The Balaban J connectivity index is 2.83. The van der Waals surface area contributed by atoms with Gasteiger partial charge in [-0.05, 0) is 13.3 Å². The highest BCUT2D eigenvalue weighted by Crippen LogP contribution is 2.02. The Morgan fingerprint density at radius 2 is 1.12 bits per heavy atom. The Labute approximate surface area is 100 Å². The molecule has 0 saturated carbocycles. The van der Waals surface area contributed by atoms with Gasteiger partial charge >= 0.3 is 0 Å². The molecule has 3 heteroatoms. The fourth-order valence-corrected chi connectivity index (χ4v) is 1.39. The van der Waals surface area contributed by atoms with Gasteiger partial charge in [-0.25, -0.2) is 0 Å². The van der Waals surface area contributed by atoms with Crippen LogP contribution in [0.5, 0.6) is 0 Å². The second-order valence-corrected chi connectivity index (χ2v) is 3.84. The first-order chi connectivity index (χ1) is 7.91. The lowest BCUT2D eigenvalue weighted by Crippen LogP contribution is -2.09. The molecule has 0 saturated heterocycles. The highest BCUT2D eigenvalue weighted by Gasteiger charge is 1.91. The van der Waals surface area contributed by atoms with Crippen LogP contribution in [0, 0.1) is 0 Å². The Morgan fingerprint density at radius 3 is 1.75 bits per heavy atom. The molecule has 0 aliphatic rings. The maximum absolute atomic E-state index is 5.45. The number of rotatable bonds is 13. The Bertz CT molecular complexity index is 104. The fraction of sp³-hybridized carbons (Fsp3) is 1.00. The predicted octanol–water partition coefficient (Wildman–Crippen LogP) is 3.03. The Hall–Kier alpha value is -0.120. The summed E-state index contributed by atoms with van der Waals surface area (Å²) in [5.41, 5.74) is 0. The summed E-state index contributed by atoms with van der Waals surface area (Å²) in [4.78, 5) is 0. The Morgan fingerprint density at radius 1 is 0.562 bits per heavy atom. The van der Waals surface area contributed by atoms with Crippen molar-refractivity contribution in [2.24, 2.45) is 0 Å². The van der Waals surface area contributed by atoms with Gasteiger partial charge in [-0.3, -0.25) is 0 Å². The van der Waals surface area contributed by atoms with Crippen LogP contribution in [0.2, 0.25) is 0 Å². The molecule has 0 heterocycles. The molecule has 0 spiro atoms. The molecule has 0 fully saturated rings. The molecule has 0 atom stereocenters. The van der Waals surface area contributed by atoms with E-state index in [9.17, 15) is 0 Å². The first-order valence-corrected chi connectivity index (χ1v) is 6.65. The van der Waals surface area contributed by atoms with E-state index in [1.54, 1.807) is 0 Å². The van der Waals surface area contributed by atoms with E-state index in [1.807, 2.05) is 6.92 Å². The molecule has 0 bridgehead atoms. The van der Waals surface area contributed by atoms with E-state index in [0.717, 1.165) is 13.2 Å². The highest BCUT2D eigenvalue weighted by atomic mass is 16.5. The van der Waals surface area contributed by atoms with Crippen LogP contribution in [0.15, 0.2) is 0 Å². The molecule has 3 nitrogen and oxygen atoms in total. The molecule has 0 aliphatic carbocycles. The number of unbranched alkanes of at least 4 members (excludes halogenated alkanes) is 4. The topological polar surface area (TPSA) is 27.7 Å². The summed E-state index contributed by atoms with van der Waals surface area (Å²) in [6, 6.07) is 0. The smallest absolute Gasteiger partial charge is 0.0701 e. The minimum absolute atomic E-state index is 0.674. The van der Waals surface area contributed by atoms with Crippen LogP contribution >= 0.6 is 0 Å². The van der Waals surface area contributed by atoms with Crippen molar-refractivity contribution in [3.63, 3.8) is 0 Å². The van der Waals surface area contributed by atoms with E-state index < -0.39 is 0 Å². The highest BCUT2D eigenvalue weighted by molar-refractivity contribution is 4.41. The normalized spacial score (nSPS) is 10.9. The second kappa shape index (κ2) is 14.9. The molecule has 0 radical (unpaired) electrons. The summed E-state index contributed by atoms with van der Waals surface area (Å²) in [7, 11) is 0. The van der Waals surface area contributed by atoms with Crippen LogP contribution < -0.4 is 0 Å². The minimum Gasteiger partial charge on any atom is -0.379 e. The van der Waals surface area contributed by atoms with Gasteiger partial charge in [0.25, 0.3) is 0 Å². The monoisotopic (exact) mass is 232 g/mol. The first kappa shape index (κ1) is 15.9. The van der Waals surface area contributed by atoms with E-state index >= 15 is 0 Å². The average molecular weight is 232 g/mol. The zero-order valence-corrected chi connectivity index (χ0v) is 11.0. The van der Waals surface area contributed by atoms with Gasteiger partial charge in [0.2, 0.25) is 0 Å². The minimum atomic E-state index is 0.674. The van der Waals surface area contributed by atoms with Crippen LogP contribution in [-0.2, 0) is 14.2 Å². The molecule has 0 aromatic carbocycles. The number of hydrogen-bond acceptors (Lipinski definition) is 3. The van der Waals surface area contributed by atoms with E-state index in [-0.39, 0.29) is 0 Å². The van der Waals surface area contributed by atoms with Crippen molar-refractivity contribution in [2.75, 3.05) is 39.6 Å². The molecular weight excluding hydrogens is 204 g/mol. The molecule has 0 rings (SSSR count). The van der Waals surface area contributed by atoms with Gasteiger partial charge in [0.15, 0.2) is 0 Å². The zero-order chi connectivity index (χ0) is 11.9. The van der Waals surface area contributed by atoms with Crippen molar-refractivity contribution in [1.82, 2.24) is 0 Å². The van der Waals surface area contributed by atoms with E-state index in [2.05, 4.69) is 6.92 Å². The SMILES string of the molecule is CCCCCCCOCCOCCOCC. The lowest BCUT2D eigenvalue weighted by molar-refractivity contribution is 0.0162. The van der Waals surface area contributed by atoms with Gasteiger partial charge in [0.1, 0.15) is 0 Å². The van der Waals surface area contributed by atoms with Crippen LogP contribution in [0.3, 0.4) is 0 Å². The third-order valence-corrected chi connectivity index (χ3v) is 2.34. The van der Waals surface area contributed by atoms with Crippen molar-refractivity contribution in [3.8, 4) is 0 Å². The van der Waals surface area contributed by atoms with Crippen molar-refractivity contribution in [3.05, 3.63) is 0 Å². The Kier molecular flexibility index (Phi) is 14.8. The van der Waals surface area contributed by atoms with Crippen LogP contribution in [0.25, 0.3) is 0 Å². The largest absolute Gasteiger partial charge is 0.379 e. The molecule has 0 aromatic rings. The molecule has 16 heavy (non-hydrogen) atoms. The maximum Gasteiger partial charge on any atom is 0.0701 e. The molecule has 0 aliphatic heterocycles. The van der Waals surface area contributed by atoms with Crippen molar-refractivity contribution in [1.29, 1.82) is 0 Å². The molecule has 0 N–H and O–H groups in total. The van der Waals surface area contributed by atoms with Gasteiger partial charge in [-0.1, -0.05) is 32.6 Å². The molecule has 0 aromatic heterocycles. The molecule has 0 amide bonds. The van der Waals surface area contributed by atoms with E-state index in [1.165, 1.54) is 32.1 Å². The van der Waals surface area contributed by atoms with Crippen molar-refractivity contribution in [2.45, 2.75) is 46.0 Å². The average Bonchev–Trinajstić information content (AvgIpc) is 2.31. The lowest BCUT2D eigenvalue weighted by atomic mass is 10.2. The summed E-state index contributed by atoms with van der Waals surface area (Å²) in [6.45, 7) is 8.61. The number of hydrogen-bond donors (Lipinski definition) is 0. The lowest BCUT2D eigenvalue weighted by Gasteiger charge is -2.05.